The maximum absolute atomic E-state index is 11.2. The third kappa shape index (κ3) is 1.64. The van der Waals surface area contributed by atoms with Gasteiger partial charge in [0.2, 0.25) is 0 Å². The monoisotopic (exact) mass is 193 g/mol. The van der Waals surface area contributed by atoms with E-state index < -0.39 is 0 Å². The van der Waals surface area contributed by atoms with Crippen molar-refractivity contribution in [1.29, 1.82) is 0 Å². The van der Waals surface area contributed by atoms with Crippen molar-refractivity contribution in [3.8, 4) is 0 Å². The third-order valence-corrected chi connectivity index (χ3v) is 2.68. The minimum atomic E-state index is 0.283. The van der Waals surface area contributed by atoms with Crippen LogP contribution in [-0.4, -0.2) is 28.2 Å². The van der Waals surface area contributed by atoms with Gasteiger partial charge in [-0.3, -0.25) is 9.48 Å². The zero-order valence-corrected chi connectivity index (χ0v) is 8.60. The number of nitrogens with zero attached hydrogens (tertiary/aromatic N) is 3. The summed E-state index contributed by atoms with van der Waals surface area (Å²) in [4.78, 5) is 13.4. The molecule has 4 heteroatoms. The summed E-state index contributed by atoms with van der Waals surface area (Å²) in [6.07, 6.45) is 3.23. The van der Waals surface area contributed by atoms with E-state index in [2.05, 4.69) is 16.9 Å². The van der Waals surface area contributed by atoms with Gasteiger partial charge in [-0.05, 0) is 6.92 Å². The first-order valence-corrected chi connectivity index (χ1v) is 4.95. The van der Waals surface area contributed by atoms with Gasteiger partial charge in [-0.1, -0.05) is 0 Å². The number of anilines is 1. The fourth-order valence-corrected chi connectivity index (χ4v) is 1.90. The summed E-state index contributed by atoms with van der Waals surface area (Å²) in [7, 11) is 1.91. The second kappa shape index (κ2) is 3.44. The van der Waals surface area contributed by atoms with Gasteiger partial charge >= 0.3 is 0 Å². The highest BCUT2D eigenvalue weighted by molar-refractivity contribution is 5.81. The highest BCUT2D eigenvalue weighted by atomic mass is 16.1. The molecule has 2 rings (SSSR count). The van der Waals surface area contributed by atoms with Gasteiger partial charge in [-0.15, -0.1) is 0 Å². The van der Waals surface area contributed by atoms with Crippen molar-refractivity contribution in [3.05, 3.63) is 12.3 Å². The van der Waals surface area contributed by atoms with Crippen molar-refractivity contribution in [2.24, 2.45) is 7.05 Å². The van der Waals surface area contributed by atoms with E-state index in [1.54, 1.807) is 4.68 Å². The van der Waals surface area contributed by atoms with Gasteiger partial charge in [-0.2, -0.15) is 5.10 Å². The van der Waals surface area contributed by atoms with Gasteiger partial charge in [0.05, 0.1) is 0 Å². The van der Waals surface area contributed by atoms with Crippen LogP contribution in [0.2, 0.25) is 0 Å². The number of carbonyl (C=O) groups is 1. The second-order valence-corrected chi connectivity index (χ2v) is 3.88. The largest absolute Gasteiger partial charge is 0.352 e. The number of hydrogen-bond donors (Lipinski definition) is 0. The fourth-order valence-electron chi connectivity index (χ4n) is 1.90. The van der Waals surface area contributed by atoms with Crippen molar-refractivity contribution >= 4 is 11.6 Å². The molecule has 1 saturated heterocycles. The average Bonchev–Trinajstić information content (AvgIpc) is 2.51. The van der Waals surface area contributed by atoms with Crippen LogP contribution >= 0.6 is 0 Å². The van der Waals surface area contributed by atoms with E-state index in [1.165, 1.54) is 0 Å². The van der Waals surface area contributed by atoms with E-state index in [0.717, 1.165) is 12.4 Å². The first-order chi connectivity index (χ1) is 6.66. The second-order valence-electron chi connectivity index (χ2n) is 3.88. The molecule has 76 valence electrons. The quantitative estimate of drug-likeness (QED) is 0.667. The summed E-state index contributed by atoms with van der Waals surface area (Å²) in [6.45, 7) is 2.88. The summed E-state index contributed by atoms with van der Waals surface area (Å²) in [5.41, 5.74) is 0. The molecule has 0 bridgehead atoms. The molecular formula is C10H15N3O. The standard InChI is InChI=1S/C10H15N3O/c1-8-7-9(14)3-6-13(8)10-4-5-12(2)11-10/h4-5,8H,3,6-7H2,1-2H3. The Morgan fingerprint density at radius 2 is 2.36 bits per heavy atom. The normalized spacial score (nSPS) is 22.9. The van der Waals surface area contributed by atoms with Crippen LogP contribution in [0.25, 0.3) is 0 Å². The van der Waals surface area contributed by atoms with Crippen molar-refractivity contribution in [2.45, 2.75) is 25.8 Å². The van der Waals surface area contributed by atoms with Crippen molar-refractivity contribution in [1.82, 2.24) is 9.78 Å². The van der Waals surface area contributed by atoms with Crippen molar-refractivity contribution in [2.75, 3.05) is 11.4 Å². The van der Waals surface area contributed by atoms with Crippen molar-refractivity contribution in [3.63, 3.8) is 0 Å². The molecule has 1 aliphatic heterocycles. The first-order valence-electron chi connectivity index (χ1n) is 4.95. The Morgan fingerprint density at radius 3 is 2.93 bits per heavy atom. The summed E-state index contributed by atoms with van der Waals surface area (Å²) in [5.74, 6) is 1.34. The predicted octanol–water partition coefficient (Wildman–Crippen LogP) is 0.978. The number of aryl methyl sites for hydroxylation is 1. The van der Waals surface area contributed by atoms with Crippen LogP contribution in [0.3, 0.4) is 0 Å². The van der Waals surface area contributed by atoms with Crippen LogP contribution in [0.1, 0.15) is 19.8 Å². The van der Waals surface area contributed by atoms with Gasteiger partial charge < -0.3 is 4.90 Å². The fraction of sp³-hybridized carbons (Fsp3) is 0.600. The van der Waals surface area contributed by atoms with E-state index in [1.807, 2.05) is 19.3 Å². The van der Waals surface area contributed by atoms with E-state index in [9.17, 15) is 4.79 Å². The number of aromatic nitrogens is 2. The van der Waals surface area contributed by atoms with Gasteiger partial charge in [0.25, 0.3) is 0 Å². The molecule has 4 nitrogen and oxygen atoms in total. The van der Waals surface area contributed by atoms with Crippen LogP contribution in [0.5, 0.6) is 0 Å². The Hall–Kier alpha value is -1.32. The van der Waals surface area contributed by atoms with Crippen LogP contribution in [-0.2, 0) is 11.8 Å². The SMILES string of the molecule is CC1CC(=O)CCN1c1ccn(C)n1. The smallest absolute Gasteiger partial charge is 0.150 e. The Balaban J connectivity index is 2.15. The maximum Gasteiger partial charge on any atom is 0.150 e. The molecule has 0 amide bonds. The lowest BCUT2D eigenvalue weighted by Crippen LogP contribution is -2.41. The molecule has 14 heavy (non-hydrogen) atoms. The zero-order valence-electron chi connectivity index (χ0n) is 8.60. The summed E-state index contributed by atoms with van der Waals surface area (Å²) >= 11 is 0. The van der Waals surface area contributed by atoms with Gasteiger partial charge in [0.1, 0.15) is 5.78 Å². The lowest BCUT2D eigenvalue weighted by Gasteiger charge is -2.32. The summed E-state index contributed by atoms with van der Waals surface area (Å²) in [6, 6.07) is 2.28. The topological polar surface area (TPSA) is 38.1 Å². The lowest BCUT2D eigenvalue weighted by atomic mass is 10.0. The molecule has 1 atom stereocenters. The molecular weight excluding hydrogens is 178 g/mol. The molecule has 1 aromatic heterocycles. The molecule has 1 aliphatic rings. The predicted molar refractivity (Wildman–Crippen MR) is 54.3 cm³/mol. The molecule has 0 radical (unpaired) electrons. The molecule has 0 saturated carbocycles. The molecule has 1 aromatic rings. The van der Waals surface area contributed by atoms with Crippen LogP contribution in [0.15, 0.2) is 12.3 Å². The molecule has 0 aliphatic carbocycles. The van der Waals surface area contributed by atoms with Gasteiger partial charge in [0, 0.05) is 44.7 Å². The number of piperidine rings is 1. The zero-order chi connectivity index (χ0) is 10.1. The number of Topliss-reactive ketones (excluding diaryl/α,β-unsaturated/α-hetero) is 1. The van der Waals surface area contributed by atoms with E-state index in [0.29, 0.717) is 18.6 Å². The molecule has 0 aromatic carbocycles. The Labute approximate surface area is 83.5 Å². The highest BCUT2D eigenvalue weighted by Gasteiger charge is 2.24. The van der Waals surface area contributed by atoms with Gasteiger partial charge in [-0.25, -0.2) is 0 Å². The van der Waals surface area contributed by atoms with Crippen LogP contribution in [0.4, 0.5) is 5.82 Å². The highest BCUT2D eigenvalue weighted by Crippen LogP contribution is 2.20. The van der Waals surface area contributed by atoms with E-state index >= 15 is 0 Å². The third-order valence-electron chi connectivity index (χ3n) is 2.68. The molecule has 0 spiro atoms. The van der Waals surface area contributed by atoms with Gasteiger partial charge in [0.15, 0.2) is 5.82 Å². The number of carbonyl (C=O) groups excluding carboxylic acids is 1. The van der Waals surface area contributed by atoms with Crippen molar-refractivity contribution < 1.29 is 4.79 Å². The Bertz CT molecular complexity index is 345. The Kier molecular flexibility index (Phi) is 2.27. The lowest BCUT2D eigenvalue weighted by molar-refractivity contribution is -0.120. The van der Waals surface area contributed by atoms with Crippen LogP contribution < -0.4 is 4.90 Å². The minimum absolute atomic E-state index is 0.283. The van der Waals surface area contributed by atoms with E-state index in [4.69, 9.17) is 0 Å². The molecule has 2 heterocycles. The maximum atomic E-state index is 11.2. The summed E-state index contributed by atoms with van der Waals surface area (Å²) in [5, 5.41) is 4.34. The number of rotatable bonds is 1. The number of hydrogen-bond acceptors (Lipinski definition) is 3. The molecule has 1 unspecified atom stereocenters. The Morgan fingerprint density at radius 1 is 1.57 bits per heavy atom. The molecule has 1 fully saturated rings. The molecule has 0 N–H and O–H groups in total. The summed E-state index contributed by atoms with van der Waals surface area (Å²) < 4.78 is 1.79. The average molecular weight is 193 g/mol. The minimum Gasteiger partial charge on any atom is -0.352 e. The van der Waals surface area contributed by atoms with E-state index in [-0.39, 0.29) is 6.04 Å². The first kappa shape index (κ1) is 9.24. The number of ketones is 1. The van der Waals surface area contributed by atoms with Crippen LogP contribution in [0, 0.1) is 0 Å².